The molecule has 4 heteroatoms. The summed E-state index contributed by atoms with van der Waals surface area (Å²) >= 11 is 0. The van der Waals surface area contributed by atoms with Gasteiger partial charge in [0.05, 0.1) is 13.2 Å². The normalized spacial score (nSPS) is 11.3. The number of carbonyl (C=O) groups is 1. The molecule has 0 saturated carbocycles. The predicted octanol–water partition coefficient (Wildman–Crippen LogP) is 1.77. The summed E-state index contributed by atoms with van der Waals surface area (Å²) in [5.74, 6) is -0.214. The molecule has 0 radical (unpaired) electrons. The monoisotopic (exact) mass is 197 g/mol. The molecule has 0 rings (SSSR count). The summed E-state index contributed by atoms with van der Waals surface area (Å²) < 4.78 is 9.89. The molecule has 0 aromatic heterocycles. The van der Waals surface area contributed by atoms with E-state index < -0.39 is 5.97 Å². The van der Waals surface area contributed by atoms with Crippen molar-refractivity contribution < 1.29 is 14.3 Å². The first kappa shape index (κ1) is 12.5. The van der Waals surface area contributed by atoms with Crippen LogP contribution < -0.4 is 0 Å². The minimum Gasteiger partial charge on any atom is -0.497 e. The lowest BCUT2D eigenvalue weighted by Crippen LogP contribution is -2.10. The molecule has 0 heterocycles. The van der Waals surface area contributed by atoms with Gasteiger partial charge in [0.1, 0.15) is 11.8 Å². The lowest BCUT2D eigenvalue weighted by molar-refractivity contribution is -0.138. The predicted molar refractivity (Wildman–Crippen MR) is 51.2 cm³/mol. The zero-order valence-electron chi connectivity index (χ0n) is 8.79. The van der Waals surface area contributed by atoms with Crippen LogP contribution in [0.1, 0.15) is 27.2 Å². The molecule has 0 spiro atoms. The first-order valence-electron chi connectivity index (χ1n) is 4.64. The van der Waals surface area contributed by atoms with Gasteiger partial charge in [0, 0.05) is 6.42 Å². The van der Waals surface area contributed by atoms with Crippen LogP contribution in [0.2, 0.25) is 0 Å². The van der Waals surface area contributed by atoms with Crippen LogP contribution in [0.3, 0.4) is 0 Å². The van der Waals surface area contributed by atoms with Crippen molar-refractivity contribution in [2.24, 2.45) is 0 Å². The molecule has 78 valence electrons. The highest BCUT2D eigenvalue weighted by atomic mass is 16.5. The van der Waals surface area contributed by atoms with Gasteiger partial charge in [-0.15, -0.1) is 0 Å². The Balaban J connectivity index is 4.80. The Morgan fingerprint density at radius 2 is 1.79 bits per heavy atom. The van der Waals surface area contributed by atoms with Crippen LogP contribution in [-0.2, 0) is 14.3 Å². The summed E-state index contributed by atoms with van der Waals surface area (Å²) in [6, 6.07) is 1.80. The summed E-state index contributed by atoms with van der Waals surface area (Å²) in [4.78, 5) is 11.3. The number of rotatable bonds is 5. The molecule has 0 fully saturated rings. The fourth-order valence-corrected chi connectivity index (χ4v) is 0.950. The molecule has 0 aliphatic heterocycles. The van der Waals surface area contributed by atoms with E-state index in [2.05, 4.69) is 0 Å². The highest BCUT2D eigenvalue weighted by molar-refractivity contribution is 5.93. The van der Waals surface area contributed by atoms with E-state index in [9.17, 15) is 4.79 Å². The smallest absolute Gasteiger partial charge is 0.352 e. The molecular weight excluding hydrogens is 182 g/mol. The van der Waals surface area contributed by atoms with Gasteiger partial charge in [-0.1, -0.05) is 6.92 Å². The van der Waals surface area contributed by atoms with E-state index in [0.717, 1.165) is 0 Å². The first-order valence-corrected chi connectivity index (χ1v) is 4.64. The quantitative estimate of drug-likeness (QED) is 0.292. The second kappa shape index (κ2) is 6.96. The number of nitrogens with zero attached hydrogens (tertiary/aromatic N) is 1. The second-order valence-corrected chi connectivity index (χ2v) is 2.42. The van der Waals surface area contributed by atoms with Crippen LogP contribution in [0, 0.1) is 11.3 Å². The van der Waals surface area contributed by atoms with Gasteiger partial charge >= 0.3 is 5.97 Å². The standard InChI is InChI=1S/C10H15NO3/c1-4-9(13-5-2)8(7-11)10(12)14-6-3/h4-6H2,1-3H3. The molecule has 0 aromatic rings. The molecule has 0 saturated heterocycles. The molecule has 4 nitrogen and oxygen atoms in total. The van der Waals surface area contributed by atoms with Crippen molar-refractivity contribution in [3.63, 3.8) is 0 Å². The average Bonchev–Trinajstić information content (AvgIpc) is 2.18. The van der Waals surface area contributed by atoms with Crippen LogP contribution in [0.4, 0.5) is 0 Å². The number of hydrogen-bond donors (Lipinski definition) is 0. The molecule has 0 aliphatic carbocycles. The maximum Gasteiger partial charge on any atom is 0.352 e. The van der Waals surface area contributed by atoms with Crippen molar-refractivity contribution in [1.82, 2.24) is 0 Å². The topological polar surface area (TPSA) is 59.3 Å². The van der Waals surface area contributed by atoms with E-state index in [0.29, 0.717) is 18.8 Å². The van der Waals surface area contributed by atoms with E-state index in [-0.39, 0.29) is 12.2 Å². The van der Waals surface area contributed by atoms with E-state index in [1.807, 2.05) is 6.92 Å². The van der Waals surface area contributed by atoms with Crippen LogP contribution in [0.25, 0.3) is 0 Å². The van der Waals surface area contributed by atoms with Gasteiger partial charge in [-0.2, -0.15) is 5.26 Å². The Morgan fingerprint density at radius 1 is 1.21 bits per heavy atom. The van der Waals surface area contributed by atoms with Gasteiger partial charge in [-0.05, 0) is 13.8 Å². The van der Waals surface area contributed by atoms with Gasteiger partial charge in [0.25, 0.3) is 0 Å². The third-order valence-corrected chi connectivity index (χ3v) is 1.51. The largest absolute Gasteiger partial charge is 0.497 e. The summed E-state index contributed by atoms with van der Waals surface area (Å²) in [5, 5.41) is 8.76. The first-order chi connectivity index (χ1) is 6.71. The Hall–Kier alpha value is -1.50. The minimum atomic E-state index is -0.611. The van der Waals surface area contributed by atoms with Gasteiger partial charge in [-0.25, -0.2) is 4.79 Å². The van der Waals surface area contributed by atoms with E-state index in [1.54, 1.807) is 19.9 Å². The summed E-state index contributed by atoms with van der Waals surface area (Å²) in [5.41, 5.74) is -0.0313. The van der Waals surface area contributed by atoms with Crippen LogP contribution >= 0.6 is 0 Å². The summed E-state index contributed by atoms with van der Waals surface area (Å²) in [7, 11) is 0. The van der Waals surface area contributed by atoms with Crippen LogP contribution in [0.15, 0.2) is 11.3 Å². The molecule has 14 heavy (non-hydrogen) atoms. The van der Waals surface area contributed by atoms with Crippen LogP contribution in [-0.4, -0.2) is 19.2 Å². The van der Waals surface area contributed by atoms with Crippen molar-refractivity contribution in [2.45, 2.75) is 27.2 Å². The Kier molecular flexibility index (Phi) is 6.21. The summed E-state index contributed by atoms with van der Waals surface area (Å²) in [6.07, 6.45) is 0.509. The Morgan fingerprint density at radius 3 is 2.14 bits per heavy atom. The average molecular weight is 197 g/mol. The lowest BCUT2D eigenvalue weighted by atomic mass is 10.2. The van der Waals surface area contributed by atoms with E-state index in [4.69, 9.17) is 14.7 Å². The molecular formula is C10H15NO3. The SMILES string of the molecule is CCOC(=O)C(C#N)=C(CC)OCC. The number of nitriles is 1. The number of hydrogen-bond acceptors (Lipinski definition) is 4. The molecule has 0 bridgehead atoms. The molecule has 0 amide bonds. The Labute approximate surface area is 84.1 Å². The van der Waals surface area contributed by atoms with Gasteiger partial charge in [-0.3, -0.25) is 0 Å². The molecule has 0 atom stereocenters. The lowest BCUT2D eigenvalue weighted by Gasteiger charge is -2.08. The van der Waals surface area contributed by atoms with Gasteiger partial charge < -0.3 is 9.47 Å². The van der Waals surface area contributed by atoms with E-state index in [1.165, 1.54) is 0 Å². The van der Waals surface area contributed by atoms with Crippen LogP contribution in [0.5, 0.6) is 0 Å². The molecule has 0 N–H and O–H groups in total. The number of carbonyl (C=O) groups excluding carboxylic acids is 1. The second-order valence-electron chi connectivity index (χ2n) is 2.42. The zero-order valence-corrected chi connectivity index (χ0v) is 8.79. The summed E-state index contributed by atoms with van der Waals surface area (Å²) in [6.45, 7) is 6.01. The molecule has 0 aromatic carbocycles. The Bertz CT molecular complexity index is 263. The number of ether oxygens (including phenoxy) is 2. The van der Waals surface area contributed by atoms with E-state index >= 15 is 0 Å². The third-order valence-electron chi connectivity index (χ3n) is 1.51. The maximum absolute atomic E-state index is 11.3. The van der Waals surface area contributed by atoms with Crippen molar-refractivity contribution in [2.75, 3.05) is 13.2 Å². The van der Waals surface area contributed by atoms with Crippen molar-refractivity contribution >= 4 is 5.97 Å². The van der Waals surface area contributed by atoms with Gasteiger partial charge in [0.15, 0.2) is 5.57 Å². The number of allylic oxidation sites excluding steroid dienone is 1. The zero-order chi connectivity index (χ0) is 11.0. The molecule has 0 unspecified atom stereocenters. The van der Waals surface area contributed by atoms with Crippen molar-refractivity contribution in [3.05, 3.63) is 11.3 Å². The third kappa shape index (κ3) is 3.48. The highest BCUT2D eigenvalue weighted by Gasteiger charge is 2.16. The highest BCUT2D eigenvalue weighted by Crippen LogP contribution is 2.11. The molecule has 0 aliphatic rings. The fourth-order valence-electron chi connectivity index (χ4n) is 0.950. The fraction of sp³-hybridized carbons (Fsp3) is 0.600. The van der Waals surface area contributed by atoms with Gasteiger partial charge in [0.2, 0.25) is 0 Å². The van der Waals surface area contributed by atoms with Crippen molar-refractivity contribution in [1.29, 1.82) is 5.26 Å². The maximum atomic E-state index is 11.3. The number of esters is 1. The van der Waals surface area contributed by atoms with Crippen molar-refractivity contribution in [3.8, 4) is 6.07 Å². The minimum absolute atomic E-state index is 0.0313.